The Kier molecular flexibility index (Phi) is 4.40. The van der Waals surface area contributed by atoms with Crippen LogP contribution in [0.3, 0.4) is 0 Å². The lowest BCUT2D eigenvalue weighted by Crippen LogP contribution is -2.08. The summed E-state index contributed by atoms with van der Waals surface area (Å²) >= 11 is 0. The minimum absolute atomic E-state index is 0.0184. The van der Waals surface area contributed by atoms with Crippen LogP contribution in [0.2, 0.25) is 0 Å². The third kappa shape index (κ3) is 2.93. The molecule has 1 aromatic carbocycles. The van der Waals surface area contributed by atoms with Gasteiger partial charge in [0, 0.05) is 19.4 Å². The molecule has 8 heteroatoms. The van der Waals surface area contributed by atoms with E-state index in [4.69, 9.17) is 9.15 Å². The Balaban J connectivity index is 2.04. The molecule has 3 heterocycles. The highest BCUT2D eigenvalue weighted by molar-refractivity contribution is 5.82. The second-order valence-electron chi connectivity index (χ2n) is 6.23. The van der Waals surface area contributed by atoms with Gasteiger partial charge in [0.2, 0.25) is 0 Å². The summed E-state index contributed by atoms with van der Waals surface area (Å²) in [5.74, 6) is -0.276. The number of aromatic nitrogens is 3. The maximum absolute atomic E-state index is 13.4. The van der Waals surface area contributed by atoms with Crippen LogP contribution < -0.4 is 5.63 Å². The van der Waals surface area contributed by atoms with Gasteiger partial charge in [-0.2, -0.15) is 5.10 Å². The van der Waals surface area contributed by atoms with Crippen LogP contribution in [0.25, 0.3) is 28.0 Å². The van der Waals surface area contributed by atoms with Crippen LogP contribution >= 0.6 is 0 Å². The molecule has 0 aliphatic heterocycles. The molecule has 28 heavy (non-hydrogen) atoms. The number of aryl methyl sites for hydroxylation is 1. The molecule has 4 aromatic rings. The van der Waals surface area contributed by atoms with E-state index < -0.39 is 5.63 Å². The number of rotatable bonds is 4. The minimum Gasteiger partial charge on any atom is -0.507 e. The van der Waals surface area contributed by atoms with E-state index in [-0.39, 0.29) is 23.7 Å². The van der Waals surface area contributed by atoms with Crippen LogP contribution in [-0.2, 0) is 11.3 Å². The summed E-state index contributed by atoms with van der Waals surface area (Å²) in [5.41, 5.74) is 1.97. The maximum Gasteiger partial charge on any atom is 0.349 e. The van der Waals surface area contributed by atoms with Crippen LogP contribution in [0.4, 0.5) is 4.39 Å². The van der Waals surface area contributed by atoms with E-state index in [9.17, 15) is 14.3 Å². The summed E-state index contributed by atoms with van der Waals surface area (Å²) in [6.45, 7) is 1.76. The first-order valence-electron chi connectivity index (χ1n) is 8.45. The van der Waals surface area contributed by atoms with E-state index >= 15 is 0 Å². The molecule has 0 aliphatic carbocycles. The van der Waals surface area contributed by atoms with Crippen molar-refractivity contribution < 1.29 is 18.7 Å². The third-order valence-electron chi connectivity index (χ3n) is 4.31. The van der Waals surface area contributed by atoms with Crippen molar-refractivity contribution >= 4 is 5.65 Å². The highest BCUT2D eigenvalue weighted by Crippen LogP contribution is 2.32. The Hall–Kier alpha value is -3.52. The number of fused-ring (bicyclic) bond motifs is 1. The number of ether oxygens (including phenoxy) is 1. The van der Waals surface area contributed by atoms with Gasteiger partial charge in [-0.15, -0.1) is 0 Å². The monoisotopic (exact) mass is 381 g/mol. The van der Waals surface area contributed by atoms with Gasteiger partial charge in [-0.05, 0) is 30.7 Å². The number of halogens is 1. The Labute approximate surface area is 158 Å². The quantitative estimate of drug-likeness (QED) is 0.583. The third-order valence-corrected chi connectivity index (χ3v) is 4.31. The van der Waals surface area contributed by atoms with Crippen LogP contribution in [0.5, 0.6) is 5.75 Å². The topological polar surface area (TPSA) is 89.9 Å². The van der Waals surface area contributed by atoms with Gasteiger partial charge in [0.1, 0.15) is 22.9 Å². The zero-order valence-electron chi connectivity index (χ0n) is 15.1. The molecule has 0 saturated carbocycles. The molecule has 0 amide bonds. The molecule has 142 valence electrons. The van der Waals surface area contributed by atoms with Crippen molar-refractivity contribution in [2.24, 2.45) is 0 Å². The smallest absolute Gasteiger partial charge is 0.349 e. The average molecular weight is 381 g/mol. The van der Waals surface area contributed by atoms with Gasteiger partial charge in [0.25, 0.3) is 0 Å². The van der Waals surface area contributed by atoms with Gasteiger partial charge in [-0.1, -0.05) is 12.1 Å². The second kappa shape index (κ2) is 6.90. The number of hydrogen-bond donors (Lipinski definition) is 1. The first-order valence-corrected chi connectivity index (χ1v) is 8.45. The SMILES string of the molecule is COCc1nn2c(-c3c(O)cc(C)oc3=O)ccnc2c1-c1ccc(F)cc1. The lowest BCUT2D eigenvalue weighted by Gasteiger charge is -2.06. The highest BCUT2D eigenvalue weighted by Gasteiger charge is 2.21. The first-order chi connectivity index (χ1) is 13.5. The molecular weight excluding hydrogens is 365 g/mol. The number of aromatic hydroxyl groups is 1. The molecule has 0 radical (unpaired) electrons. The summed E-state index contributed by atoms with van der Waals surface area (Å²) in [5, 5.41) is 14.9. The van der Waals surface area contributed by atoms with Crippen LogP contribution in [0, 0.1) is 12.7 Å². The Morgan fingerprint density at radius 2 is 1.96 bits per heavy atom. The lowest BCUT2D eigenvalue weighted by atomic mass is 10.1. The maximum atomic E-state index is 13.4. The van der Waals surface area contributed by atoms with Gasteiger partial charge in [0.15, 0.2) is 5.65 Å². The predicted molar refractivity (Wildman–Crippen MR) is 99.5 cm³/mol. The van der Waals surface area contributed by atoms with Gasteiger partial charge in [0.05, 0.1) is 23.6 Å². The molecule has 4 rings (SSSR count). The fourth-order valence-corrected chi connectivity index (χ4v) is 3.16. The fourth-order valence-electron chi connectivity index (χ4n) is 3.16. The van der Waals surface area contributed by atoms with Gasteiger partial charge >= 0.3 is 5.63 Å². The number of benzene rings is 1. The van der Waals surface area contributed by atoms with Crippen molar-refractivity contribution in [1.82, 2.24) is 14.6 Å². The van der Waals surface area contributed by atoms with Crippen LogP contribution in [0.15, 0.2) is 51.8 Å². The van der Waals surface area contributed by atoms with Crippen molar-refractivity contribution in [3.8, 4) is 28.1 Å². The molecule has 7 nitrogen and oxygen atoms in total. The van der Waals surface area contributed by atoms with E-state index in [0.29, 0.717) is 33.9 Å². The summed E-state index contributed by atoms with van der Waals surface area (Å²) < 4.78 is 25.2. The molecule has 0 bridgehead atoms. The molecule has 0 fully saturated rings. The molecule has 1 N–H and O–H groups in total. The van der Waals surface area contributed by atoms with Crippen molar-refractivity contribution in [2.45, 2.75) is 13.5 Å². The predicted octanol–water partition coefficient (Wildman–Crippen LogP) is 3.32. The molecule has 0 aliphatic rings. The van der Waals surface area contributed by atoms with Gasteiger partial charge in [-0.25, -0.2) is 18.7 Å². The number of methoxy groups -OCH3 is 1. The van der Waals surface area contributed by atoms with E-state index in [1.807, 2.05) is 0 Å². The van der Waals surface area contributed by atoms with E-state index in [1.54, 1.807) is 25.1 Å². The van der Waals surface area contributed by atoms with Crippen LogP contribution in [-0.4, -0.2) is 26.8 Å². The summed E-state index contributed by atoms with van der Waals surface area (Å²) in [6.07, 6.45) is 1.51. The van der Waals surface area contributed by atoms with Crippen LogP contribution in [0.1, 0.15) is 11.5 Å². The molecule has 3 aromatic heterocycles. The van der Waals surface area contributed by atoms with E-state index in [0.717, 1.165) is 0 Å². The standard InChI is InChI=1S/C20H16FN3O4/c1-11-9-16(25)18(20(26)28-11)15-7-8-22-19-17(12-3-5-13(21)6-4-12)14(10-27-2)23-24(15)19/h3-9,25H,10H2,1-2H3. The van der Waals surface area contributed by atoms with Gasteiger partial charge < -0.3 is 14.3 Å². The number of hydrogen-bond acceptors (Lipinski definition) is 6. The Morgan fingerprint density at radius 3 is 2.64 bits per heavy atom. The largest absolute Gasteiger partial charge is 0.507 e. The summed E-state index contributed by atoms with van der Waals surface area (Å²) in [6, 6.07) is 8.87. The zero-order chi connectivity index (χ0) is 19.8. The fraction of sp³-hybridized carbons (Fsp3) is 0.150. The normalized spacial score (nSPS) is 11.2. The molecule has 0 saturated heterocycles. The first kappa shape index (κ1) is 17.9. The number of nitrogens with zero attached hydrogens (tertiary/aromatic N) is 3. The second-order valence-corrected chi connectivity index (χ2v) is 6.23. The van der Waals surface area contributed by atoms with E-state index in [2.05, 4.69) is 10.1 Å². The van der Waals surface area contributed by atoms with Crippen molar-refractivity contribution in [3.05, 3.63) is 70.3 Å². The molecule has 0 unspecified atom stereocenters. The molecular formula is C20H16FN3O4. The summed E-state index contributed by atoms with van der Waals surface area (Å²) in [4.78, 5) is 16.8. The zero-order valence-corrected chi connectivity index (χ0v) is 15.1. The van der Waals surface area contributed by atoms with E-state index in [1.165, 1.54) is 36.0 Å². The van der Waals surface area contributed by atoms with Crippen molar-refractivity contribution in [3.63, 3.8) is 0 Å². The molecule has 0 atom stereocenters. The van der Waals surface area contributed by atoms with Crippen molar-refractivity contribution in [1.29, 1.82) is 0 Å². The molecule has 0 spiro atoms. The Morgan fingerprint density at radius 1 is 1.21 bits per heavy atom. The lowest BCUT2D eigenvalue weighted by molar-refractivity contribution is 0.181. The minimum atomic E-state index is -0.683. The van der Waals surface area contributed by atoms with Crippen molar-refractivity contribution in [2.75, 3.05) is 7.11 Å². The Bertz CT molecular complexity index is 1230. The summed E-state index contributed by atoms with van der Waals surface area (Å²) in [7, 11) is 1.53. The highest BCUT2D eigenvalue weighted by atomic mass is 19.1. The average Bonchev–Trinajstić information content (AvgIpc) is 3.01. The van der Waals surface area contributed by atoms with Gasteiger partial charge in [-0.3, -0.25) is 0 Å².